The van der Waals surface area contributed by atoms with E-state index in [0.717, 1.165) is 17.9 Å². The molecule has 0 bridgehead atoms. The van der Waals surface area contributed by atoms with Gasteiger partial charge in [-0.05, 0) is 31.9 Å². The van der Waals surface area contributed by atoms with Crippen molar-refractivity contribution in [3.05, 3.63) is 59.4 Å². The maximum Gasteiger partial charge on any atom is 0.166 e. The topological polar surface area (TPSA) is 30.5 Å². The number of hydrogen-bond acceptors (Lipinski definition) is 3. The van der Waals surface area contributed by atoms with Crippen LogP contribution in [0.1, 0.15) is 63.0 Å². The average Bonchev–Trinajstić information content (AvgIpc) is 2.68. The molecule has 152 valence electrons. The molecule has 0 saturated heterocycles. The first-order valence-corrected chi connectivity index (χ1v) is 10.6. The van der Waals surface area contributed by atoms with Gasteiger partial charge in [0, 0.05) is 23.7 Å². The number of hydrogen-bond donors (Lipinski definition) is 1. The summed E-state index contributed by atoms with van der Waals surface area (Å²) in [4.78, 5) is 0. The number of nitrogens with one attached hydrogen (secondary N) is 1. The maximum absolute atomic E-state index is 14.0. The fourth-order valence-corrected chi connectivity index (χ4v) is 3.81. The Morgan fingerprint density at radius 1 is 0.893 bits per heavy atom. The molecule has 0 spiro atoms. The third-order valence-electron chi connectivity index (χ3n) is 5.38. The van der Waals surface area contributed by atoms with E-state index in [1.54, 1.807) is 12.1 Å². The molecule has 1 saturated carbocycles. The van der Waals surface area contributed by atoms with E-state index in [-0.39, 0.29) is 12.4 Å². The number of benzene rings is 2. The van der Waals surface area contributed by atoms with Crippen LogP contribution in [-0.4, -0.2) is 12.6 Å². The van der Waals surface area contributed by atoms with Crippen molar-refractivity contribution in [2.24, 2.45) is 0 Å². The third kappa shape index (κ3) is 5.96. The fraction of sp³-hybridized carbons (Fsp3) is 0.500. The number of rotatable bonds is 8. The first-order valence-electron chi connectivity index (χ1n) is 10.6. The fourth-order valence-electron chi connectivity index (χ4n) is 3.81. The molecule has 0 atom stereocenters. The summed E-state index contributed by atoms with van der Waals surface area (Å²) in [5.74, 6) is 1.19. The molecule has 1 aliphatic rings. The number of para-hydroxylation sites is 1. The molecule has 0 aliphatic heterocycles. The van der Waals surface area contributed by atoms with E-state index >= 15 is 0 Å². The highest BCUT2D eigenvalue weighted by Crippen LogP contribution is 2.32. The summed E-state index contributed by atoms with van der Waals surface area (Å²) in [5.41, 5.74) is 1.61. The van der Waals surface area contributed by atoms with Crippen molar-refractivity contribution < 1.29 is 13.9 Å². The van der Waals surface area contributed by atoms with Crippen LogP contribution in [0.5, 0.6) is 11.5 Å². The monoisotopic (exact) mass is 385 g/mol. The molecule has 1 aliphatic carbocycles. The molecule has 0 aromatic heterocycles. The van der Waals surface area contributed by atoms with Crippen molar-refractivity contribution in [2.45, 2.75) is 71.1 Å². The van der Waals surface area contributed by atoms with E-state index in [9.17, 15) is 4.39 Å². The second kappa shape index (κ2) is 11.1. The molecule has 3 nitrogen and oxygen atoms in total. The Bertz CT molecular complexity index is 726. The lowest BCUT2D eigenvalue weighted by Gasteiger charge is -2.22. The predicted octanol–water partition coefficient (Wildman–Crippen LogP) is 6.01. The molecular weight excluding hydrogens is 353 g/mol. The van der Waals surface area contributed by atoms with E-state index in [4.69, 9.17) is 9.47 Å². The summed E-state index contributed by atoms with van der Waals surface area (Å²) < 4.78 is 25.8. The highest BCUT2D eigenvalue weighted by Gasteiger charge is 2.15. The van der Waals surface area contributed by atoms with Gasteiger partial charge in [0.25, 0.3) is 0 Å². The van der Waals surface area contributed by atoms with Gasteiger partial charge in [0.2, 0.25) is 0 Å². The zero-order valence-corrected chi connectivity index (χ0v) is 16.9. The Morgan fingerprint density at radius 3 is 2.36 bits per heavy atom. The van der Waals surface area contributed by atoms with Gasteiger partial charge in [-0.2, -0.15) is 0 Å². The summed E-state index contributed by atoms with van der Waals surface area (Å²) >= 11 is 0. The van der Waals surface area contributed by atoms with Crippen LogP contribution < -0.4 is 14.8 Å². The van der Waals surface area contributed by atoms with E-state index in [2.05, 4.69) is 11.4 Å². The Labute approximate surface area is 168 Å². The van der Waals surface area contributed by atoms with Gasteiger partial charge < -0.3 is 14.8 Å². The zero-order valence-electron chi connectivity index (χ0n) is 16.9. The van der Waals surface area contributed by atoms with Crippen LogP contribution in [-0.2, 0) is 13.2 Å². The van der Waals surface area contributed by atoms with Gasteiger partial charge in [-0.3, -0.25) is 0 Å². The second-order valence-electron chi connectivity index (χ2n) is 7.48. The maximum atomic E-state index is 14.0. The summed E-state index contributed by atoms with van der Waals surface area (Å²) in [6, 6.07) is 13.3. The molecule has 2 aromatic rings. The van der Waals surface area contributed by atoms with Gasteiger partial charge in [-0.1, -0.05) is 62.4 Å². The SMILES string of the molecule is CCOc1cccc(CNC2CCCCCCC2)c1OCc1ccccc1F. The summed E-state index contributed by atoms with van der Waals surface area (Å²) in [7, 11) is 0. The summed E-state index contributed by atoms with van der Waals surface area (Å²) in [6.45, 7) is 3.45. The Kier molecular flexibility index (Phi) is 8.16. The minimum atomic E-state index is -0.245. The Hall–Kier alpha value is -2.07. The highest BCUT2D eigenvalue weighted by atomic mass is 19.1. The molecule has 4 heteroatoms. The standard InChI is InChI=1S/C24H32FNO2/c1-2-27-23-16-10-12-19(17-26-21-13-6-4-3-5-7-14-21)24(23)28-18-20-11-8-9-15-22(20)25/h8-12,15-16,21,26H,2-7,13-14,17-18H2,1H3. The van der Waals surface area contributed by atoms with E-state index in [1.165, 1.54) is 51.0 Å². The molecule has 0 unspecified atom stereocenters. The van der Waals surface area contributed by atoms with E-state index < -0.39 is 0 Å². The van der Waals surface area contributed by atoms with Gasteiger partial charge in [-0.25, -0.2) is 4.39 Å². The molecule has 28 heavy (non-hydrogen) atoms. The largest absolute Gasteiger partial charge is 0.490 e. The van der Waals surface area contributed by atoms with Gasteiger partial charge in [0.15, 0.2) is 11.5 Å². The molecule has 3 rings (SSSR count). The van der Waals surface area contributed by atoms with Crippen LogP contribution >= 0.6 is 0 Å². The Balaban J connectivity index is 1.70. The molecule has 2 aromatic carbocycles. The third-order valence-corrected chi connectivity index (χ3v) is 5.38. The quantitative estimate of drug-likeness (QED) is 0.604. The minimum absolute atomic E-state index is 0.188. The van der Waals surface area contributed by atoms with Crippen molar-refractivity contribution in [1.29, 1.82) is 0 Å². The van der Waals surface area contributed by atoms with Gasteiger partial charge in [-0.15, -0.1) is 0 Å². The van der Waals surface area contributed by atoms with Crippen LogP contribution in [0.2, 0.25) is 0 Å². The first kappa shape index (κ1) is 20.7. The highest BCUT2D eigenvalue weighted by molar-refractivity contribution is 5.47. The lowest BCUT2D eigenvalue weighted by atomic mass is 9.96. The van der Waals surface area contributed by atoms with E-state index in [0.29, 0.717) is 24.0 Å². The van der Waals surface area contributed by atoms with Crippen molar-refractivity contribution in [1.82, 2.24) is 5.32 Å². The normalized spacial score (nSPS) is 15.6. The average molecular weight is 386 g/mol. The van der Waals surface area contributed by atoms with Crippen LogP contribution in [0.4, 0.5) is 4.39 Å². The van der Waals surface area contributed by atoms with Crippen LogP contribution in [0.25, 0.3) is 0 Å². The minimum Gasteiger partial charge on any atom is -0.490 e. The van der Waals surface area contributed by atoms with Crippen molar-refractivity contribution in [3.63, 3.8) is 0 Å². The zero-order chi connectivity index (χ0) is 19.6. The smallest absolute Gasteiger partial charge is 0.166 e. The lowest BCUT2D eigenvalue weighted by molar-refractivity contribution is 0.262. The van der Waals surface area contributed by atoms with Crippen molar-refractivity contribution in [3.8, 4) is 11.5 Å². The second-order valence-corrected chi connectivity index (χ2v) is 7.48. The van der Waals surface area contributed by atoms with Crippen LogP contribution in [0.3, 0.4) is 0 Å². The van der Waals surface area contributed by atoms with Crippen molar-refractivity contribution in [2.75, 3.05) is 6.61 Å². The van der Waals surface area contributed by atoms with Crippen molar-refractivity contribution >= 4 is 0 Å². The summed E-state index contributed by atoms with van der Waals surface area (Å²) in [5, 5.41) is 3.72. The van der Waals surface area contributed by atoms with Gasteiger partial charge in [0.1, 0.15) is 12.4 Å². The number of ether oxygens (including phenoxy) is 2. The molecule has 0 radical (unpaired) electrons. The van der Waals surface area contributed by atoms with Gasteiger partial charge >= 0.3 is 0 Å². The molecule has 0 heterocycles. The van der Waals surface area contributed by atoms with E-state index in [1.807, 2.05) is 25.1 Å². The number of halogens is 1. The lowest BCUT2D eigenvalue weighted by Crippen LogP contribution is -2.29. The van der Waals surface area contributed by atoms with Crippen LogP contribution in [0.15, 0.2) is 42.5 Å². The molecule has 1 N–H and O–H groups in total. The molecule has 0 amide bonds. The van der Waals surface area contributed by atoms with Gasteiger partial charge in [0.05, 0.1) is 6.61 Å². The molecule has 1 fully saturated rings. The molecular formula is C24H32FNO2. The Morgan fingerprint density at radius 2 is 1.61 bits per heavy atom. The van der Waals surface area contributed by atoms with Crippen LogP contribution in [0, 0.1) is 5.82 Å². The predicted molar refractivity (Wildman–Crippen MR) is 111 cm³/mol. The summed E-state index contributed by atoms with van der Waals surface area (Å²) in [6.07, 6.45) is 9.12. The first-order chi connectivity index (χ1) is 13.8.